The van der Waals surface area contributed by atoms with E-state index in [1.165, 1.54) is 64.5 Å². The highest BCUT2D eigenvalue weighted by atomic mass is 15.2. The van der Waals surface area contributed by atoms with Crippen LogP contribution in [0.1, 0.15) is 51.4 Å². The first-order chi connectivity index (χ1) is 8.81. The van der Waals surface area contributed by atoms with Crippen molar-refractivity contribution < 1.29 is 0 Å². The number of likely N-dealkylation sites (tertiary alicyclic amines) is 1. The molecule has 2 rings (SSSR count). The maximum atomic E-state index is 8.81. The van der Waals surface area contributed by atoms with Crippen molar-refractivity contribution in [3.05, 3.63) is 0 Å². The fourth-order valence-corrected chi connectivity index (χ4v) is 3.54. The van der Waals surface area contributed by atoms with Gasteiger partial charge in [0.2, 0.25) is 0 Å². The molecule has 2 fully saturated rings. The van der Waals surface area contributed by atoms with Crippen molar-refractivity contribution in [2.45, 2.75) is 63.5 Å². The Morgan fingerprint density at radius 2 is 1.83 bits per heavy atom. The van der Waals surface area contributed by atoms with Crippen molar-refractivity contribution in [3.8, 4) is 6.07 Å². The minimum atomic E-state index is 0.573. The molecule has 3 heteroatoms. The molecule has 0 aromatic carbocycles. The number of piperidine rings is 1. The van der Waals surface area contributed by atoms with Crippen LogP contribution in [0.5, 0.6) is 0 Å². The third-order valence-corrected chi connectivity index (χ3v) is 4.71. The predicted molar refractivity (Wildman–Crippen MR) is 74.3 cm³/mol. The Morgan fingerprint density at radius 1 is 1.11 bits per heavy atom. The molecule has 0 aromatic heterocycles. The Balaban J connectivity index is 1.87. The Labute approximate surface area is 112 Å². The normalized spacial score (nSPS) is 27.9. The second-order valence-electron chi connectivity index (χ2n) is 6.01. The van der Waals surface area contributed by atoms with Crippen LogP contribution in [0.2, 0.25) is 0 Å². The molecule has 1 atom stereocenters. The first-order valence-electron chi connectivity index (χ1n) is 7.62. The number of hydrogen-bond donors (Lipinski definition) is 0. The van der Waals surface area contributed by atoms with Crippen LogP contribution in [-0.2, 0) is 0 Å². The van der Waals surface area contributed by atoms with Gasteiger partial charge in [-0.15, -0.1) is 0 Å². The zero-order valence-electron chi connectivity index (χ0n) is 11.8. The fraction of sp³-hybridized carbons (Fsp3) is 0.933. The molecular formula is C15H27N3. The molecule has 1 saturated heterocycles. The van der Waals surface area contributed by atoms with E-state index in [0.29, 0.717) is 12.6 Å². The summed E-state index contributed by atoms with van der Waals surface area (Å²) < 4.78 is 0. The Kier molecular flexibility index (Phi) is 5.46. The molecule has 102 valence electrons. The summed E-state index contributed by atoms with van der Waals surface area (Å²) in [6.45, 7) is 3.04. The SMILES string of the molecule is CN(CC#N)C1CCCN(C2CCCCCC2)C1. The van der Waals surface area contributed by atoms with Crippen LogP contribution in [0.4, 0.5) is 0 Å². The van der Waals surface area contributed by atoms with Gasteiger partial charge in [-0.1, -0.05) is 25.7 Å². The molecule has 1 saturated carbocycles. The topological polar surface area (TPSA) is 30.3 Å². The van der Waals surface area contributed by atoms with Gasteiger partial charge in [-0.2, -0.15) is 5.26 Å². The summed E-state index contributed by atoms with van der Waals surface area (Å²) in [4.78, 5) is 4.95. The van der Waals surface area contributed by atoms with E-state index < -0.39 is 0 Å². The van der Waals surface area contributed by atoms with Crippen LogP contribution in [0.15, 0.2) is 0 Å². The highest BCUT2D eigenvalue weighted by molar-refractivity contribution is 4.87. The quantitative estimate of drug-likeness (QED) is 0.569. The molecule has 1 unspecified atom stereocenters. The summed E-state index contributed by atoms with van der Waals surface area (Å²) in [6, 6.07) is 3.70. The number of likely N-dealkylation sites (N-methyl/N-ethyl adjacent to an activating group) is 1. The maximum absolute atomic E-state index is 8.81. The first kappa shape index (κ1) is 13.8. The lowest BCUT2D eigenvalue weighted by molar-refractivity contribution is 0.0836. The molecule has 0 radical (unpaired) electrons. The minimum absolute atomic E-state index is 0.573. The van der Waals surface area contributed by atoms with Gasteiger partial charge in [0.1, 0.15) is 0 Å². The van der Waals surface area contributed by atoms with Crippen LogP contribution < -0.4 is 0 Å². The summed E-state index contributed by atoms with van der Waals surface area (Å²) in [5, 5.41) is 8.81. The highest BCUT2D eigenvalue weighted by Crippen LogP contribution is 2.25. The monoisotopic (exact) mass is 249 g/mol. The van der Waals surface area contributed by atoms with Gasteiger partial charge < -0.3 is 0 Å². The number of rotatable bonds is 3. The molecule has 1 heterocycles. The van der Waals surface area contributed by atoms with E-state index in [2.05, 4.69) is 22.9 Å². The van der Waals surface area contributed by atoms with E-state index in [4.69, 9.17) is 5.26 Å². The Hall–Kier alpha value is -0.590. The fourth-order valence-electron chi connectivity index (χ4n) is 3.54. The van der Waals surface area contributed by atoms with Gasteiger partial charge in [-0.3, -0.25) is 9.80 Å². The van der Waals surface area contributed by atoms with Crippen LogP contribution >= 0.6 is 0 Å². The van der Waals surface area contributed by atoms with Crippen molar-refractivity contribution in [1.29, 1.82) is 5.26 Å². The molecule has 18 heavy (non-hydrogen) atoms. The number of nitriles is 1. The molecule has 1 aliphatic heterocycles. The van der Waals surface area contributed by atoms with Crippen molar-refractivity contribution in [3.63, 3.8) is 0 Å². The average Bonchev–Trinajstić information content (AvgIpc) is 2.68. The van der Waals surface area contributed by atoms with Gasteiger partial charge in [0.05, 0.1) is 12.6 Å². The third kappa shape index (κ3) is 3.70. The molecule has 2 aliphatic rings. The van der Waals surface area contributed by atoms with Crippen molar-refractivity contribution in [2.24, 2.45) is 0 Å². The standard InChI is InChI=1S/C15H27N3/c1-17(12-10-16)15-9-6-11-18(13-15)14-7-4-2-3-5-8-14/h14-15H,2-9,11-13H2,1H3. The molecule has 0 amide bonds. The van der Waals surface area contributed by atoms with Gasteiger partial charge in [0.25, 0.3) is 0 Å². The molecular weight excluding hydrogens is 222 g/mol. The minimum Gasteiger partial charge on any atom is -0.299 e. The largest absolute Gasteiger partial charge is 0.299 e. The lowest BCUT2D eigenvalue weighted by atomic mass is 9.99. The highest BCUT2D eigenvalue weighted by Gasteiger charge is 2.27. The summed E-state index contributed by atoms with van der Waals surface area (Å²) in [5.74, 6) is 0. The van der Waals surface area contributed by atoms with E-state index in [1.807, 2.05) is 0 Å². The predicted octanol–water partition coefficient (Wildman–Crippen LogP) is 2.63. The van der Waals surface area contributed by atoms with Crippen LogP contribution in [0, 0.1) is 11.3 Å². The number of hydrogen-bond acceptors (Lipinski definition) is 3. The summed E-state index contributed by atoms with van der Waals surface area (Å²) in [6.07, 6.45) is 11.1. The molecule has 1 aliphatic carbocycles. The van der Waals surface area contributed by atoms with Gasteiger partial charge in [-0.05, 0) is 39.3 Å². The second kappa shape index (κ2) is 7.11. The van der Waals surface area contributed by atoms with E-state index in [-0.39, 0.29) is 0 Å². The van der Waals surface area contributed by atoms with Gasteiger partial charge in [0.15, 0.2) is 0 Å². The van der Waals surface area contributed by atoms with E-state index in [9.17, 15) is 0 Å². The Morgan fingerprint density at radius 3 is 2.50 bits per heavy atom. The van der Waals surface area contributed by atoms with Gasteiger partial charge in [0, 0.05) is 18.6 Å². The summed E-state index contributed by atoms with van der Waals surface area (Å²) >= 11 is 0. The average molecular weight is 249 g/mol. The van der Waals surface area contributed by atoms with Crippen molar-refractivity contribution in [2.75, 3.05) is 26.7 Å². The smallest absolute Gasteiger partial charge is 0.0866 e. The molecule has 0 aromatic rings. The van der Waals surface area contributed by atoms with Gasteiger partial charge in [-0.25, -0.2) is 0 Å². The first-order valence-corrected chi connectivity index (χ1v) is 7.62. The van der Waals surface area contributed by atoms with Crippen LogP contribution in [-0.4, -0.2) is 48.6 Å². The molecule has 0 N–H and O–H groups in total. The van der Waals surface area contributed by atoms with E-state index in [0.717, 1.165) is 6.04 Å². The van der Waals surface area contributed by atoms with E-state index >= 15 is 0 Å². The second-order valence-corrected chi connectivity index (χ2v) is 6.01. The third-order valence-electron chi connectivity index (χ3n) is 4.71. The van der Waals surface area contributed by atoms with Crippen LogP contribution in [0.3, 0.4) is 0 Å². The zero-order valence-corrected chi connectivity index (χ0v) is 11.8. The van der Waals surface area contributed by atoms with Crippen molar-refractivity contribution in [1.82, 2.24) is 9.80 Å². The van der Waals surface area contributed by atoms with Gasteiger partial charge >= 0.3 is 0 Å². The number of nitrogens with zero attached hydrogens (tertiary/aromatic N) is 3. The molecule has 3 nitrogen and oxygen atoms in total. The zero-order chi connectivity index (χ0) is 12.8. The van der Waals surface area contributed by atoms with Crippen molar-refractivity contribution >= 4 is 0 Å². The van der Waals surface area contributed by atoms with E-state index in [1.54, 1.807) is 0 Å². The Bertz CT molecular complexity index is 276. The maximum Gasteiger partial charge on any atom is 0.0866 e. The summed E-state index contributed by atoms with van der Waals surface area (Å²) in [5.41, 5.74) is 0. The van der Waals surface area contributed by atoms with Crippen LogP contribution in [0.25, 0.3) is 0 Å². The molecule has 0 spiro atoms. The summed E-state index contributed by atoms with van der Waals surface area (Å²) in [7, 11) is 2.10. The molecule has 0 bridgehead atoms. The lowest BCUT2D eigenvalue weighted by Gasteiger charge is -2.40. The lowest BCUT2D eigenvalue weighted by Crippen LogP contribution is -2.50.